The van der Waals surface area contributed by atoms with Gasteiger partial charge in [0.25, 0.3) is 0 Å². The number of aromatic nitrogens is 2. The fourth-order valence-electron chi connectivity index (χ4n) is 3.06. The van der Waals surface area contributed by atoms with Crippen molar-refractivity contribution in [1.29, 1.82) is 0 Å². The summed E-state index contributed by atoms with van der Waals surface area (Å²) in [5, 5.41) is 14.2. The lowest BCUT2D eigenvalue weighted by molar-refractivity contribution is -0.193. The number of halogens is 6. The maximum absolute atomic E-state index is 10.6. The number of carboxylic acids is 2. The Kier molecular flexibility index (Phi) is 11.4. The van der Waals surface area contributed by atoms with Crippen LogP contribution in [-0.4, -0.2) is 81.0 Å². The number of aryl methyl sites for hydroxylation is 1. The Hall–Kier alpha value is -3.07. The fourth-order valence-corrected chi connectivity index (χ4v) is 3.06. The quantitative estimate of drug-likeness (QED) is 0.566. The lowest BCUT2D eigenvalue weighted by Crippen LogP contribution is -2.26. The smallest absolute Gasteiger partial charge is 0.475 e. The van der Waals surface area contributed by atoms with Gasteiger partial charge in [0.05, 0.1) is 12.2 Å². The maximum atomic E-state index is 10.6. The van der Waals surface area contributed by atoms with Gasteiger partial charge in [-0.3, -0.25) is 4.90 Å². The highest BCUT2D eigenvalue weighted by molar-refractivity contribution is 5.73. The monoisotopic (exact) mass is 530 g/mol. The van der Waals surface area contributed by atoms with Gasteiger partial charge in [-0.25, -0.2) is 14.6 Å². The van der Waals surface area contributed by atoms with E-state index in [9.17, 15) is 26.3 Å². The molecule has 0 radical (unpaired) electrons. The third-order valence-electron chi connectivity index (χ3n) is 4.72. The highest BCUT2D eigenvalue weighted by atomic mass is 19.4. The summed E-state index contributed by atoms with van der Waals surface area (Å²) in [5.74, 6) is -2.15. The fraction of sp³-hybridized carbons (Fsp3) is 0.571. The van der Waals surface area contributed by atoms with E-state index in [4.69, 9.17) is 24.2 Å². The van der Waals surface area contributed by atoms with E-state index in [1.165, 1.54) is 11.5 Å². The van der Waals surface area contributed by atoms with Gasteiger partial charge in [0.2, 0.25) is 0 Å². The molecule has 15 heteroatoms. The van der Waals surface area contributed by atoms with E-state index in [2.05, 4.69) is 52.5 Å². The van der Waals surface area contributed by atoms with Crippen LogP contribution < -0.4 is 0 Å². The maximum Gasteiger partial charge on any atom is 0.490 e. The largest absolute Gasteiger partial charge is 0.490 e. The molecule has 0 aliphatic carbocycles. The molecule has 0 bridgehead atoms. The number of furan rings is 1. The summed E-state index contributed by atoms with van der Waals surface area (Å²) < 4.78 is 71.7. The first kappa shape index (κ1) is 31.0. The first-order chi connectivity index (χ1) is 16.5. The predicted octanol–water partition coefficient (Wildman–Crippen LogP) is 3.43. The van der Waals surface area contributed by atoms with Gasteiger partial charge < -0.3 is 24.1 Å². The zero-order chi connectivity index (χ0) is 27.7. The summed E-state index contributed by atoms with van der Waals surface area (Å²) in [6.45, 7) is 7.07. The van der Waals surface area contributed by atoms with Crippen molar-refractivity contribution in [2.45, 2.75) is 51.8 Å². The van der Waals surface area contributed by atoms with Gasteiger partial charge in [0.1, 0.15) is 17.3 Å². The number of fused-ring (bicyclic) bond motifs is 1. The molecule has 0 aromatic carbocycles. The van der Waals surface area contributed by atoms with E-state index >= 15 is 0 Å². The second-order valence-electron chi connectivity index (χ2n) is 7.91. The number of hydrogen-bond donors (Lipinski definition) is 2. The highest BCUT2D eigenvalue weighted by Gasteiger charge is 2.38. The Morgan fingerprint density at radius 1 is 1.00 bits per heavy atom. The number of aliphatic carboxylic acids is 2. The Labute approximate surface area is 202 Å². The summed E-state index contributed by atoms with van der Waals surface area (Å²) >= 11 is 0. The van der Waals surface area contributed by atoms with Gasteiger partial charge in [-0.1, -0.05) is 6.92 Å². The molecule has 3 heterocycles. The zero-order valence-corrected chi connectivity index (χ0v) is 19.9. The SMILES string of the molecule is CCc1ccc(CN2CCc3ncc(CN(C)C)n3CC2)o1.O=C(O)C(F)(F)F.O=C(O)C(F)(F)F. The molecule has 1 aliphatic rings. The molecule has 36 heavy (non-hydrogen) atoms. The van der Waals surface area contributed by atoms with Crippen molar-refractivity contribution in [2.24, 2.45) is 0 Å². The lowest BCUT2D eigenvalue weighted by atomic mass is 10.3. The van der Waals surface area contributed by atoms with Gasteiger partial charge >= 0.3 is 24.3 Å². The van der Waals surface area contributed by atoms with Gasteiger partial charge in [-0.2, -0.15) is 26.3 Å². The van der Waals surface area contributed by atoms with Crippen molar-refractivity contribution in [3.63, 3.8) is 0 Å². The van der Waals surface area contributed by atoms with Crippen LogP contribution in [0, 0.1) is 0 Å². The molecule has 204 valence electrons. The van der Waals surface area contributed by atoms with Crippen molar-refractivity contribution >= 4 is 11.9 Å². The molecule has 0 unspecified atom stereocenters. The minimum absolute atomic E-state index is 0.897. The normalized spacial score (nSPS) is 14.2. The number of nitrogens with zero attached hydrogens (tertiary/aromatic N) is 4. The van der Waals surface area contributed by atoms with Crippen molar-refractivity contribution < 1.29 is 50.6 Å². The average molecular weight is 530 g/mol. The summed E-state index contributed by atoms with van der Waals surface area (Å²) in [6.07, 6.45) is -6.16. The molecule has 0 saturated carbocycles. The number of alkyl halides is 6. The molecule has 0 amide bonds. The molecule has 2 aromatic heterocycles. The van der Waals surface area contributed by atoms with Crippen LogP contribution in [0.5, 0.6) is 0 Å². The van der Waals surface area contributed by atoms with Crippen LogP contribution in [0.4, 0.5) is 26.3 Å². The zero-order valence-electron chi connectivity index (χ0n) is 19.9. The van der Waals surface area contributed by atoms with Gasteiger partial charge in [0.15, 0.2) is 0 Å². The third-order valence-corrected chi connectivity index (χ3v) is 4.72. The van der Waals surface area contributed by atoms with Crippen LogP contribution in [0.1, 0.15) is 30.0 Å². The van der Waals surface area contributed by atoms with Crippen LogP contribution in [0.25, 0.3) is 0 Å². The Balaban J connectivity index is 0.000000383. The average Bonchev–Trinajstić information content (AvgIpc) is 3.30. The van der Waals surface area contributed by atoms with E-state index < -0.39 is 24.3 Å². The van der Waals surface area contributed by atoms with E-state index in [0.717, 1.165) is 57.1 Å². The van der Waals surface area contributed by atoms with Crippen LogP contribution in [0.15, 0.2) is 22.7 Å². The minimum Gasteiger partial charge on any atom is -0.475 e. The third kappa shape index (κ3) is 10.7. The predicted molar refractivity (Wildman–Crippen MR) is 114 cm³/mol. The Bertz CT molecular complexity index is 960. The number of imidazole rings is 1. The Morgan fingerprint density at radius 2 is 1.53 bits per heavy atom. The van der Waals surface area contributed by atoms with Crippen molar-refractivity contribution in [1.82, 2.24) is 19.4 Å². The summed E-state index contributed by atoms with van der Waals surface area (Å²) in [6, 6.07) is 4.20. The second-order valence-corrected chi connectivity index (χ2v) is 7.91. The molecule has 0 atom stereocenters. The Morgan fingerprint density at radius 3 is 1.97 bits per heavy atom. The van der Waals surface area contributed by atoms with Crippen molar-refractivity contribution in [3.8, 4) is 0 Å². The van der Waals surface area contributed by atoms with Gasteiger partial charge in [-0.05, 0) is 26.2 Å². The molecular weight excluding hydrogens is 502 g/mol. The summed E-state index contributed by atoms with van der Waals surface area (Å²) in [7, 11) is 4.20. The molecule has 2 N–H and O–H groups in total. The lowest BCUT2D eigenvalue weighted by Gasteiger charge is -2.18. The second kappa shape index (κ2) is 13.3. The number of hydrogen-bond acceptors (Lipinski definition) is 6. The summed E-state index contributed by atoms with van der Waals surface area (Å²) in [4.78, 5) is 27.1. The first-order valence-corrected chi connectivity index (χ1v) is 10.6. The van der Waals surface area contributed by atoms with Crippen molar-refractivity contribution in [2.75, 3.05) is 27.2 Å². The van der Waals surface area contributed by atoms with Crippen LogP contribution in [0.3, 0.4) is 0 Å². The van der Waals surface area contributed by atoms with E-state index in [0.29, 0.717) is 0 Å². The minimum atomic E-state index is -5.08. The van der Waals surface area contributed by atoms with Crippen LogP contribution in [-0.2, 0) is 42.1 Å². The molecular formula is C21H28F6N4O5. The highest BCUT2D eigenvalue weighted by Crippen LogP contribution is 2.17. The van der Waals surface area contributed by atoms with E-state index in [-0.39, 0.29) is 0 Å². The molecule has 0 spiro atoms. The molecule has 9 nitrogen and oxygen atoms in total. The number of carboxylic acid groups (broad SMARTS) is 2. The molecule has 3 rings (SSSR count). The number of carbonyl (C=O) groups is 2. The topological polar surface area (TPSA) is 112 Å². The van der Waals surface area contributed by atoms with Crippen LogP contribution in [0.2, 0.25) is 0 Å². The molecule has 1 aliphatic heterocycles. The van der Waals surface area contributed by atoms with Gasteiger partial charge in [-0.15, -0.1) is 0 Å². The van der Waals surface area contributed by atoms with E-state index in [1.54, 1.807) is 0 Å². The molecule has 2 aromatic rings. The molecule has 0 fully saturated rings. The summed E-state index contributed by atoms with van der Waals surface area (Å²) in [5.41, 5.74) is 1.31. The van der Waals surface area contributed by atoms with Crippen LogP contribution >= 0.6 is 0 Å². The number of rotatable bonds is 5. The van der Waals surface area contributed by atoms with Crippen molar-refractivity contribution in [3.05, 3.63) is 41.4 Å². The van der Waals surface area contributed by atoms with Gasteiger partial charge in [0, 0.05) is 45.2 Å². The standard InChI is InChI=1S/C17H26N4O.2C2HF3O2/c1-4-15-5-6-16(22-15)13-20-8-7-17-18-11-14(12-19(2)3)21(17)10-9-20;2*3-2(4,5)1(6)7/h5-6,11H,4,7-10,12-13H2,1-3H3;2*(H,6,7). The molecule has 0 saturated heterocycles. The first-order valence-electron chi connectivity index (χ1n) is 10.6. The van der Waals surface area contributed by atoms with E-state index in [1.807, 2.05) is 6.20 Å².